The molecule has 3 rings (SSSR count). The molecule has 7 nitrogen and oxygen atoms in total. The van der Waals surface area contributed by atoms with Crippen LogP contribution >= 0.6 is 0 Å². The fraction of sp³-hybridized carbons (Fsp3) is 0.565. The van der Waals surface area contributed by atoms with E-state index in [2.05, 4.69) is 13.8 Å². The topological polar surface area (TPSA) is 95.0 Å². The van der Waals surface area contributed by atoms with Crippen molar-refractivity contribution in [3.05, 3.63) is 41.0 Å². The van der Waals surface area contributed by atoms with Crippen LogP contribution in [0.25, 0.3) is 0 Å². The Hall–Kier alpha value is -2.19. The van der Waals surface area contributed by atoms with Crippen LogP contribution in [-0.2, 0) is 19.6 Å². The minimum atomic E-state index is -3.62. The van der Waals surface area contributed by atoms with E-state index in [0.717, 1.165) is 16.7 Å². The number of hydrogen-bond acceptors (Lipinski definition) is 4. The molecule has 1 aromatic rings. The molecule has 1 aliphatic heterocycles. The molecule has 31 heavy (non-hydrogen) atoms. The van der Waals surface area contributed by atoms with Gasteiger partial charge in [0.05, 0.1) is 16.7 Å². The number of allylic oxidation sites excluding steroid dienone is 2. The van der Waals surface area contributed by atoms with Gasteiger partial charge in [0, 0.05) is 26.2 Å². The van der Waals surface area contributed by atoms with Gasteiger partial charge in [-0.15, -0.1) is 0 Å². The number of benzene rings is 1. The number of nitrogens with zero attached hydrogens (tertiary/aromatic N) is 2. The summed E-state index contributed by atoms with van der Waals surface area (Å²) in [5, 5.41) is 9.61. The van der Waals surface area contributed by atoms with Gasteiger partial charge in [-0.2, -0.15) is 4.31 Å². The molecule has 1 fully saturated rings. The first-order chi connectivity index (χ1) is 14.5. The van der Waals surface area contributed by atoms with E-state index in [9.17, 15) is 23.1 Å². The van der Waals surface area contributed by atoms with Gasteiger partial charge in [0.25, 0.3) is 0 Å². The normalized spacial score (nSPS) is 23.3. The number of hydrogen-bond donors (Lipinski definition) is 1. The van der Waals surface area contributed by atoms with E-state index in [1.165, 1.54) is 4.31 Å². The summed E-state index contributed by atoms with van der Waals surface area (Å²) >= 11 is 0. The maximum atomic E-state index is 13.1. The van der Waals surface area contributed by atoms with Gasteiger partial charge in [-0.1, -0.05) is 37.1 Å². The van der Waals surface area contributed by atoms with Crippen LogP contribution in [0.15, 0.2) is 40.3 Å². The van der Waals surface area contributed by atoms with Crippen LogP contribution in [0.2, 0.25) is 0 Å². The van der Waals surface area contributed by atoms with Crippen LogP contribution in [0, 0.1) is 11.8 Å². The molecular weight excluding hydrogens is 416 g/mol. The third-order valence-electron chi connectivity index (χ3n) is 6.64. The number of sulfonamides is 1. The van der Waals surface area contributed by atoms with Gasteiger partial charge in [0.2, 0.25) is 15.9 Å². The molecule has 1 amide bonds. The van der Waals surface area contributed by atoms with Crippen LogP contribution in [-0.4, -0.2) is 60.8 Å². The Morgan fingerprint density at radius 3 is 1.94 bits per heavy atom. The number of aliphatic carboxylic acids is 1. The van der Waals surface area contributed by atoms with E-state index < -0.39 is 27.8 Å². The molecule has 1 saturated heterocycles. The van der Waals surface area contributed by atoms with Crippen molar-refractivity contribution < 1.29 is 23.1 Å². The second kappa shape index (κ2) is 9.12. The SMILES string of the molecule is CC1=C(C)C[C@H](C(=O)N2CCN(S(=O)(=O)c3ccc(C(C)C)cc3)CC2)[C@@H](C(=O)O)C1. The summed E-state index contributed by atoms with van der Waals surface area (Å²) in [4.78, 5) is 26.7. The lowest BCUT2D eigenvalue weighted by molar-refractivity contribution is -0.151. The number of carboxylic acid groups (broad SMARTS) is 1. The minimum absolute atomic E-state index is 0.183. The lowest BCUT2D eigenvalue weighted by Crippen LogP contribution is -2.53. The smallest absolute Gasteiger partial charge is 0.307 e. The Morgan fingerprint density at radius 1 is 0.935 bits per heavy atom. The monoisotopic (exact) mass is 448 g/mol. The summed E-state index contributed by atoms with van der Waals surface area (Å²) in [6, 6.07) is 6.95. The highest BCUT2D eigenvalue weighted by Gasteiger charge is 2.40. The summed E-state index contributed by atoms with van der Waals surface area (Å²) in [6.45, 7) is 8.93. The van der Waals surface area contributed by atoms with E-state index >= 15 is 0 Å². The second-order valence-corrected chi connectivity index (χ2v) is 10.9. The van der Waals surface area contributed by atoms with Gasteiger partial charge in [-0.05, 0) is 50.3 Å². The molecule has 0 spiro atoms. The van der Waals surface area contributed by atoms with Crippen molar-refractivity contribution in [3.63, 3.8) is 0 Å². The van der Waals surface area contributed by atoms with Crippen molar-refractivity contribution in [2.75, 3.05) is 26.2 Å². The van der Waals surface area contributed by atoms with Crippen LogP contribution in [0.4, 0.5) is 0 Å². The first-order valence-corrected chi connectivity index (χ1v) is 12.2. The average molecular weight is 449 g/mol. The van der Waals surface area contributed by atoms with Gasteiger partial charge in [-0.25, -0.2) is 8.42 Å². The number of carboxylic acids is 1. The molecule has 0 saturated carbocycles. The largest absolute Gasteiger partial charge is 0.481 e. The van der Waals surface area contributed by atoms with Crippen LogP contribution in [0.1, 0.15) is 52.0 Å². The summed E-state index contributed by atoms with van der Waals surface area (Å²) in [5.74, 6) is -2.12. The third-order valence-corrected chi connectivity index (χ3v) is 8.55. The van der Waals surface area contributed by atoms with Crippen molar-refractivity contribution in [3.8, 4) is 0 Å². The van der Waals surface area contributed by atoms with E-state index in [-0.39, 0.29) is 37.0 Å². The van der Waals surface area contributed by atoms with E-state index in [4.69, 9.17) is 0 Å². The molecular formula is C23H32N2O5S. The van der Waals surface area contributed by atoms with Crippen LogP contribution in [0.3, 0.4) is 0 Å². The lowest BCUT2D eigenvalue weighted by atomic mass is 9.76. The van der Waals surface area contributed by atoms with E-state index in [0.29, 0.717) is 18.8 Å². The highest BCUT2D eigenvalue weighted by atomic mass is 32.2. The number of amides is 1. The van der Waals surface area contributed by atoms with Crippen LogP contribution < -0.4 is 0 Å². The van der Waals surface area contributed by atoms with E-state index in [1.807, 2.05) is 26.0 Å². The zero-order valence-electron chi connectivity index (χ0n) is 18.7. The highest BCUT2D eigenvalue weighted by molar-refractivity contribution is 7.89. The predicted octanol–water partition coefficient (Wildman–Crippen LogP) is 3.09. The van der Waals surface area contributed by atoms with Gasteiger partial charge in [0.15, 0.2) is 0 Å². The Labute approximate surface area is 184 Å². The van der Waals surface area contributed by atoms with Crippen molar-refractivity contribution in [2.24, 2.45) is 11.8 Å². The molecule has 2 atom stereocenters. The molecule has 1 heterocycles. The number of carbonyl (C=O) groups is 2. The molecule has 8 heteroatoms. The highest BCUT2D eigenvalue weighted by Crippen LogP contribution is 2.35. The summed E-state index contributed by atoms with van der Waals surface area (Å²) in [6.07, 6.45) is 0.834. The number of piperazine rings is 1. The van der Waals surface area contributed by atoms with Gasteiger partial charge in [0.1, 0.15) is 0 Å². The summed E-state index contributed by atoms with van der Waals surface area (Å²) in [5.41, 5.74) is 3.19. The average Bonchev–Trinajstić information content (AvgIpc) is 2.74. The van der Waals surface area contributed by atoms with Gasteiger partial charge in [-0.3, -0.25) is 9.59 Å². The zero-order valence-corrected chi connectivity index (χ0v) is 19.5. The standard InChI is InChI=1S/C23H32N2O5S/c1-15(2)18-5-7-19(8-6-18)31(29,30)25-11-9-24(10-12-25)22(26)20-13-16(3)17(4)14-21(20)23(27)28/h5-8,15,20-21H,9-14H2,1-4H3,(H,27,28)/t20-,21-/m0/s1. The molecule has 0 bridgehead atoms. The third kappa shape index (κ3) is 4.85. The fourth-order valence-electron chi connectivity index (χ4n) is 4.37. The maximum absolute atomic E-state index is 13.1. The number of carbonyl (C=O) groups excluding carboxylic acids is 1. The summed E-state index contributed by atoms with van der Waals surface area (Å²) in [7, 11) is -3.62. The van der Waals surface area contributed by atoms with Crippen molar-refractivity contribution in [1.29, 1.82) is 0 Å². The molecule has 0 aromatic heterocycles. The molecule has 2 aliphatic rings. The summed E-state index contributed by atoms with van der Waals surface area (Å²) < 4.78 is 27.4. The van der Waals surface area contributed by atoms with Crippen molar-refractivity contribution >= 4 is 21.9 Å². The first-order valence-electron chi connectivity index (χ1n) is 10.8. The van der Waals surface area contributed by atoms with Crippen LogP contribution in [0.5, 0.6) is 0 Å². The fourth-order valence-corrected chi connectivity index (χ4v) is 5.79. The molecule has 1 aliphatic carbocycles. The van der Waals surface area contributed by atoms with E-state index in [1.54, 1.807) is 17.0 Å². The minimum Gasteiger partial charge on any atom is -0.481 e. The molecule has 0 radical (unpaired) electrons. The Morgan fingerprint density at radius 2 is 1.45 bits per heavy atom. The molecule has 170 valence electrons. The molecule has 1 N–H and O–H groups in total. The Bertz CT molecular complexity index is 974. The lowest BCUT2D eigenvalue weighted by Gasteiger charge is -2.38. The Kier molecular flexibility index (Phi) is 6.91. The van der Waals surface area contributed by atoms with Crippen molar-refractivity contribution in [1.82, 2.24) is 9.21 Å². The van der Waals surface area contributed by atoms with Crippen molar-refractivity contribution in [2.45, 2.75) is 51.3 Å². The number of rotatable bonds is 5. The predicted molar refractivity (Wildman–Crippen MR) is 118 cm³/mol. The zero-order chi connectivity index (χ0) is 22.9. The van der Waals surface area contributed by atoms with Gasteiger partial charge >= 0.3 is 5.97 Å². The molecule has 0 unspecified atom stereocenters. The maximum Gasteiger partial charge on any atom is 0.307 e. The first kappa shape index (κ1) is 23.5. The Balaban J connectivity index is 1.68. The molecule has 1 aromatic carbocycles. The second-order valence-electron chi connectivity index (χ2n) is 8.97. The quantitative estimate of drug-likeness (QED) is 0.699. The van der Waals surface area contributed by atoms with Gasteiger partial charge < -0.3 is 10.0 Å².